The summed E-state index contributed by atoms with van der Waals surface area (Å²) < 4.78 is 6.35. The van der Waals surface area contributed by atoms with Crippen LogP contribution in [0.3, 0.4) is 0 Å². The third-order valence-electron chi connectivity index (χ3n) is 3.16. The summed E-state index contributed by atoms with van der Waals surface area (Å²) >= 11 is 1.11. The van der Waals surface area contributed by atoms with E-state index in [1.165, 1.54) is 17.0 Å². The molecule has 0 saturated heterocycles. The third kappa shape index (κ3) is 3.21. The van der Waals surface area contributed by atoms with Gasteiger partial charge in [-0.2, -0.15) is 5.26 Å². The summed E-state index contributed by atoms with van der Waals surface area (Å²) in [4.78, 5) is 17.3. The van der Waals surface area contributed by atoms with Crippen molar-refractivity contribution < 1.29 is 9.21 Å². The van der Waals surface area contributed by atoms with Crippen LogP contribution in [0, 0.1) is 11.3 Å². The van der Waals surface area contributed by atoms with Crippen molar-refractivity contribution in [2.24, 2.45) is 4.99 Å². The Morgan fingerprint density at radius 1 is 1.33 bits per heavy atom. The lowest BCUT2D eigenvalue weighted by Gasteiger charge is -2.06. The van der Waals surface area contributed by atoms with Gasteiger partial charge in [-0.3, -0.25) is 15.2 Å². The van der Waals surface area contributed by atoms with Crippen LogP contribution in [-0.2, 0) is 6.54 Å². The van der Waals surface area contributed by atoms with Crippen molar-refractivity contribution >= 4 is 23.1 Å². The topological polar surface area (TPSA) is 109 Å². The number of nitrogens with zero attached hydrogens (tertiary/aromatic N) is 3. The van der Waals surface area contributed by atoms with E-state index in [1.54, 1.807) is 6.07 Å². The van der Waals surface area contributed by atoms with Crippen molar-refractivity contribution in [1.29, 1.82) is 5.26 Å². The normalized spacial score (nSPS) is 11.2. The van der Waals surface area contributed by atoms with E-state index < -0.39 is 5.91 Å². The number of nitriles is 1. The number of aromatic nitrogens is 1. The number of thiazole rings is 1. The van der Waals surface area contributed by atoms with Gasteiger partial charge < -0.3 is 10.2 Å². The summed E-state index contributed by atoms with van der Waals surface area (Å²) in [5, 5.41) is 9.15. The zero-order chi connectivity index (χ0) is 16.9. The number of carbonyl (C=O) groups excluding carboxylic acids is 1. The highest BCUT2D eigenvalue weighted by molar-refractivity contribution is 7.10. The van der Waals surface area contributed by atoms with Gasteiger partial charge >= 0.3 is 5.91 Å². The summed E-state index contributed by atoms with van der Waals surface area (Å²) in [5.41, 5.74) is 9.53. The molecule has 8 heteroatoms. The summed E-state index contributed by atoms with van der Waals surface area (Å²) in [5.74, 6) is -0.204. The van der Waals surface area contributed by atoms with Crippen LogP contribution in [0.2, 0.25) is 0 Å². The molecule has 0 aliphatic carbocycles. The number of rotatable bonds is 4. The quantitative estimate of drug-likeness (QED) is 0.758. The molecule has 0 bridgehead atoms. The molecule has 0 radical (unpaired) electrons. The number of anilines is 1. The summed E-state index contributed by atoms with van der Waals surface area (Å²) in [6, 6.07) is 14.8. The standard InChI is InChI=1S/C16H13N5O2S/c17-9-13-14(18)21(20-15(22)12-7-4-8-23-12)16(24-13)19-10-11-5-2-1-3-6-11/h1-8H,10,18H2,(H,20,22). The minimum Gasteiger partial charge on any atom is -0.459 e. The van der Waals surface area contributed by atoms with Gasteiger partial charge in [-0.05, 0) is 17.7 Å². The highest BCUT2D eigenvalue weighted by Gasteiger charge is 2.15. The lowest BCUT2D eigenvalue weighted by Crippen LogP contribution is -2.31. The van der Waals surface area contributed by atoms with E-state index in [0.717, 1.165) is 16.9 Å². The van der Waals surface area contributed by atoms with E-state index in [2.05, 4.69) is 10.4 Å². The first-order chi connectivity index (χ1) is 11.7. The molecule has 24 heavy (non-hydrogen) atoms. The van der Waals surface area contributed by atoms with Crippen molar-refractivity contribution in [3.05, 3.63) is 69.7 Å². The van der Waals surface area contributed by atoms with E-state index in [4.69, 9.17) is 15.4 Å². The monoisotopic (exact) mass is 339 g/mol. The maximum atomic E-state index is 12.2. The molecule has 0 spiro atoms. The van der Waals surface area contributed by atoms with Crippen LogP contribution in [0.25, 0.3) is 0 Å². The van der Waals surface area contributed by atoms with Crippen LogP contribution in [0.5, 0.6) is 0 Å². The molecule has 0 atom stereocenters. The zero-order valence-corrected chi connectivity index (χ0v) is 13.3. The van der Waals surface area contributed by atoms with Crippen LogP contribution in [0.1, 0.15) is 21.0 Å². The molecule has 3 aromatic rings. The fraction of sp³-hybridized carbons (Fsp3) is 0.0625. The molecule has 0 unspecified atom stereocenters. The maximum absolute atomic E-state index is 12.2. The second kappa shape index (κ2) is 6.85. The van der Waals surface area contributed by atoms with Gasteiger partial charge in [-0.1, -0.05) is 41.7 Å². The van der Waals surface area contributed by atoms with Crippen molar-refractivity contribution in [2.45, 2.75) is 6.54 Å². The summed E-state index contributed by atoms with van der Waals surface area (Å²) in [6.07, 6.45) is 1.40. The van der Waals surface area contributed by atoms with Crippen LogP contribution in [-0.4, -0.2) is 10.6 Å². The first-order valence-corrected chi connectivity index (χ1v) is 7.81. The molecular formula is C16H13N5O2S. The number of nitrogens with two attached hydrogens (primary N) is 1. The van der Waals surface area contributed by atoms with Gasteiger partial charge in [-0.25, -0.2) is 4.68 Å². The fourth-order valence-corrected chi connectivity index (χ4v) is 2.78. The molecule has 1 aromatic carbocycles. The Kier molecular flexibility index (Phi) is 4.45. The van der Waals surface area contributed by atoms with Crippen molar-refractivity contribution in [2.75, 3.05) is 11.2 Å². The number of benzene rings is 1. The number of furan rings is 1. The summed E-state index contributed by atoms with van der Waals surface area (Å²) in [6.45, 7) is 0.405. The van der Waals surface area contributed by atoms with Crippen molar-refractivity contribution in [3.63, 3.8) is 0 Å². The molecule has 2 heterocycles. The number of nitrogens with one attached hydrogen (secondary N) is 1. The number of nitrogen functional groups attached to an aromatic ring is 1. The molecule has 1 amide bonds. The molecule has 2 aromatic heterocycles. The predicted octanol–water partition coefficient (Wildman–Crippen LogP) is 2.08. The summed E-state index contributed by atoms with van der Waals surface area (Å²) in [7, 11) is 0. The van der Waals surface area contributed by atoms with Gasteiger partial charge in [0.15, 0.2) is 16.5 Å². The lowest BCUT2D eigenvalue weighted by atomic mass is 10.2. The average molecular weight is 339 g/mol. The van der Waals surface area contributed by atoms with Gasteiger partial charge in [0.05, 0.1) is 12.8 Å². The predicted molar refractivity (Wildman–Crippen MR) is 89.5 cm³/mol. The fourth-order valence-electron chi connectivity index (χ4n) is 1.99. The van der Waals surface area contributed by atoms with Crippen molar-refractivity contribution in [3.8, 4) is 6.07 Å². The number of carbonyl (C=O) groups is 1. The van der Waals surface area contributed by atoms with Crippen molar-refractivity contribution in [1.82, 2.24) is 4.68 Å². The molecule has 0 aliphatic rings. The highest BCUT2D eigenvalue weighted by Crippen LogP contribution is 2.13. The van der Waals surface area contributed by atoms with Gasteiger partial charge in [-0.15, -0.1) is 0 Å². The third-order valence-corrected chi connectivity index (χ3v) is 4.16. The number of hydrogen-bond acceptors (Lipinski definition) is 6. The van der Waals surface area contributed by atoms with Gasteiger partial charge in [0.2, 0.25) is 4.80 Å². The first kappa shape index (κ1) is 15.6. The van der Waals surface area contributed by atoms with E-state index in [-0.39, 0.29) is 16.5 Å². The molecule has 7 nitrogen and oxygen atoms in total. The molecule has 3 N–H and O–H groups in total. The molecule has 0 fully saturated rings. The molecule has 0 aliphatic heterocycles. The van der Waals surface area contributed by atoms with E-state index in [9.17, 15) is 4.79 Å². The van der Waals surface area contributed by atoms with Crippen LogP contribution in [0.4, 0.5) is 5.82 Å². The number of hydrogen-bond donors (Lipinski definition) is 2. The lowest BCUT2D eigenvalue weighted by molar-refractivity contribution is 0.0981. The second-order valence-electron chi connectivity index (χ2n) is 4.77. The average Bonchev–Trinajstić information content (AvgIpc) is 3.24. The molecule has 0 saturated carbocycles. The first-order valence-electron chi connectivity index (χ1n) is 6.99. The van der Waals surface area contributed by atoms with Gasteiger partial charge in [0, 0.05) is 0 Å². The minimum atomic E-state index is -0.477. The smallest absolute Gasteiger partial charge is 0.305 e. The van der Waals surface area contributed by atoms with E-state index >= 15 is 0 Å². The van der Waals surface area contributed by atoms with E-state index in [1.807, 2.05) is 36.4 Å². The van der Waals surface area contributed by atoms with Gasteiger partial charge in [0.1, 0.15) is 6.07 Å². The van der Waals surface area contributed by atoms with Gasteiger partial charge in [0.25, 0.3) is 0 Å². The Morgan fingerprint density at radius 3 is 2.79 bits per heavy atom. The highest BCUT2D eigenvalue weighted by atomic mass is 32.1. The molecular weight excluding hydrogens is 326 g/mol. The molecule has 120 valence electrons. The Bertz CT molecular complexity index is 949. The molecule has 3 rings (SSSR count). The van der Waals surface area contributed by atoms with Crippen LogP contribution < -0.4 is 16.0 Å². The zero-order valence-electron chi connectivity index (χ0n) is 12.5. The minimum absolute atomic E-state index is 0.134. The number of amides is 1. The van der Waals surface area contributed by atoms with E-state index in [0.29, 0.717) is 11.3 Å². The maximum Gasteiger partial charge on any atom is 0.305 e. The van der Waals surface area contributed by atoms with Crippen LogP contribution in [0.15, 0.2) is 58.1 Å². The Balaban J connectivity index is 1.94. The van der Waals surface area contributed by atoms with Crippen LogP contribution >= 0.6 is 11.3 Å². The largest absolute Gasteiger partial charge is 0.459 e. The second-order valence-corrected chi connectivity index (χ2v) is 5.74. The Hall–Kier alpha value is -3.31. The Labute approximate surface area is 141 Å². The Morgan fingerprint density at radius 2 is 2.12 bits per heavy atom. The SMILES string of the molecule is N#Cc1sc(=NCc2ccccc2)n(NC(=O)c2ccco2)c1N.